The molecule has 0 amide bonds. The molecule has 1 aromatic carbocycles. The lowest BCUT2D eigenvalue weighted by Crippen LogP contribution is -2.33. The quantitative estimate of drug-likeness (QED) is 0.733. The van der Waals surface area contributed by atoms with Crippen molar-refractivity contribution >= 4 is 22.6 Å². The first-order valence-corrected chi connectivity index (χ1v) is 7.77. The van der Waals surface area contributed by atoms with Crippen LogP contribution in [0.5, 0.6) is 5.75 Å². The third kappa shape index (κ3) is 3.16. The van der Waals surface area contributed by atoms with Crippen molar-refractivity contribution in [1.82, 2.24) is 9.55 Å². The van der Waals surface area contributed by atoms with Gasteiger partial charge in [0.15, 0.2) is 0 Å². The van der Waals surface area contributed by atoms with Crippen molar-refractivity contribution in [2.24, 2.45) is 0 Å². The molecule has 0 spiro atoms. The van der Waals surface area contributed by atoms with Gasteiger partial charge in [-0.3, -0.25) is 0 Å². The highest BCUT2D eigenvalue weighted by Crippen LogP contribution is 2.31. The Labute approximate surface area is 131 Å². The molecule has 21 heavy (non-hydrogen) atoms. The number of alkyl halides is 1. The second-order valence-corrected chi connectivity index (χ2v) is 5.98. The van der Waals surface area contributed by atoms with Crippen LogP contribution in [0.2, 0.25) is 0 Å². The number of aromatic nitrogens is 2. The van der Waals surface area contributed by atoms with E-state index < -0.39 is 0 Å². The number of methoxy groups -OCH3 is 1. The fourth-order valence-corrected chi connectivity index (χ4v) is 2.91. The minimum atomic E-state index is -0.199. The fourth-order valence-electron chi connectivity index (χ4n) is 2.74. The lowest BCUT2D eigenvalue weighted by atomic mass is 10.1. The van der Waals surface area contributed by atoms with Crippen molar-refractivity contribution in [1.29, 1.82) is 0 Å². The number of rotatable bonds is 7. The maximum atomic E-state index is 5.95. The Kier molecular flexibility index (Phi) is 5.12. The molecule has 1 aromatic heterocycles. The standard InChI is InChI=1S/C16H23ClN2O2/c1-5-21-13-8-6-7-12-15(13)18-14(9-10-17)19(12)16(2,3)11-20-4/h6-8H,5,9-11H2,1-4H3. The van der Waals surface area contributed by atoms with Gasteiger partial charge in [0.1, 0.15) is 17.1 Å². The number of ether oxygens (including phenoxy) is 2. The number of para-hydroxylation sites is 1. The Hall–Kier alpha value is -1.26. The topological polar surface area (TPSA) is 36.3 Å². The number of benzene rings is 1. The zero-order valence-electron chi connectivity index (χ0n) is 13.1. The van der Waals surface area contributed by atoms with Gasteiger partial charge in [0.2, 0.25) is 0 Å². The molecule has 0 radical (unpaired) electrons. The molecular formula is C16H23ClN2O2. The average Bonchev–Trinajstić information content (AvgIpc) is 2.79. The van der Waals surface area contributed by atoms with Crippen LogP contribution in [-0.2, 0) is 16.7 Å². The highest BCUT2D eigenvalue weighted by atomic mass is 35.5. The van der Waals surface area contributed by atoms with E-state index in [1.54, 1.807) is 7.11 Å². The van der Waals surface area contributed by atoms with Gasteiger partial charge < -0.3 is 14.0 Å². The van der Waals surface area contributed by atoms with Crippen LogP contribution < -0.4 is 4.74 Å². The lowest BCUT2D eigenvalue weighted by Gasteiger charge is -2.28. The Bertz CT molecular complexity index is 608. The fraction of sp³-hybridized carbons (Fsp3) is 0.562. The van der Waals surface area contributed by atoms with E-state index in [1.807, 2.05) is 19.1 Å². The second kappa shape index (κ2) is 6.67. The molecule has 0 fully saturated rings. The summed E-state index contributed by atoms with van der Waals surface area (Å²) in [7, 11) is 1.72. The maximum absolute atomic E-state index is 5.95. The summed E-state index contributed by atoms with van der Waals surface area (Å²) in [4.78, 5) is 4.77. The summed E-state index contributed by atoms with van der Waals surface area (Å²) in [5.74, 6) is 2.32. The largest absolute Gasteiger partial charge is 0.492 e. The number of nitrogens with zero attached hydrogens (tertiary/aromatic N) is 2. The molecule has 0 aliphatic heterocycles. The Morgan fingerprint density at radius 1 is 1.33 bits per heavy atom. The molecule has 4 nitrogen and oxygen atoms in total. The summed E-state index contributed by atoms with van der Waals surface area (Å²) in [6.45, 7) is 7.49. The molecule has 1 heterocycles. The number of fused-ring (bicyclic) bond motifs is 1. The maximum Gasteiger partial charge on any atom is 0.147 e. The van der Waals surface area contributed by atoms with Crippen LogP contribution in [0.15, 0.2) is 18.2 Å². The van der Waals surface area contributed by atoms with E-state index in [0.717, 1.165) is 29.0 Å². The van der Waals surface area contributed by atoms with E-state index in [4.69, 9.17) is 26.1 Å². The zero-order valence-corrected chi connectivity index (χ0v) is 13.9. The van der Waals surface area contributed by atoms with E-state index in [0.29, 0.717) is 19.1 Å². The van der Waals surface area contributed by atoms with Crippen LogP contribution in [0.25, 0.3) is 11.0 Å². The first kappa shape index (κ1) is 16.1. The van der Waals surface area contributed by atoms with E-state index >= 15 is 0 Å². The molecule has 0 saturated heterocycles. The highest BCUT2D eigenvalue weighted by Gasteiger charge is 2.26. The third-order valence-corrected chi connectivity index (χ3v) is 3.63. The van der Waals surface area contributed by atoms with Crippen LogP contribution >= 0.6 is 11.6 Å². The number of imidazole rings is 1. The molecule has 2 rings (SSSR count). The first-order valence-electron chi connectivity index (χ1n) is 7.23. The van der Waals surface area contributed by atoms with Crippen LogP contribution in [0.1, 0.15) is 26.6 Å². The van der Waals surface area contributed by atoms with E-state index in [-0.39, 0.29) is 5.54 Å². The van der Waals surface area contributed by atoms with Crippen molar-refractivity contribution in [2.45, 2.75) is 32.7 Å². The monoisotopic (exact) mass is 310 g/mol. The normalized spacial score (nSPS) is 12.0. The van der Waals surface area contributed by atoms with Crippen LogP contribution in [-0.4, -0.2) is 35.8 Å². The second-order valence-electron chi connectivity index (χ2n) is 5.60. The van der Waals surface area contributed by atoms with E-state index in [9.17, 15) is 0 Å². The molecular weight excluding hydrogens is 288 g/mol. The number of hydrogen-bond donors (Lipinski definition) is 0. The van der Waals surface area contributed by atoms with Gasteiger partial charge in [-0.2, -0.15) is 0 Å². The third-order valence-electron chi connectivity index (χ3n) is 3.44. The minimum absolute atomic E-state index is 0.199. The number of halogens is 1. The molecule has 116 valence electrons. The summed E-state index contributed by atoms with van der Waals surface area (Å²) in [5, 5.41) is 0. The van der Waals surface area contributed by atoms with Crippen LogP contribution in [0.4, 0.5) is 0 Å². The number of aryl methyl sites for hydroxylation is 1. The van der Waals surface area contributed by atoms with Crippen molar-refractivity contribution in [2.75, 3.05) is 26.2 Å². The summed E-state index contributed by atoms with van der Waals surface area (Å²) >= 11 is 5.95. The Morgan fingerprint density at radius 3 is 2.71 bits per heavy atom. The van der Waals surface area contributed by atoms with Gasteiger partial charge in [0.25, 0.3) is 0 Å². The van der Waals surface area contributed by atoms with Gasteiger partial charge >= 0.3 is 0 Å². The van der Waals surface area contributed by atoms with Crippen molar-refractivity contribution in [3.63, 3.8) is 0 Å². The number of hydrogen-bond acceptors (Lipinski definition) is 3. The molecule has 0 atom stereocenters. The predicted octanol–water partition coefficient (Wildman–Crippen LogP) is 3.60. The summed E-state index contributed by atoms with van der Waals surface area (Å²) in [6.07, 6.45) is 0.717. The van der Waals surface area contributed by atoms with Crippen molar-refractivity contribution in [3.8, 4) is 5.75 Å². The molecule has 0 bridgehead atoms. The molecule has 0 aliphatic rings. The highest BCUT2D eigenvalue weighted by molar-refractivity contribution is 6.17. The van der Waals surface area contributed by atoms with E-state index in [2.05, 4.69) is 24.5 Å². The lowest BCUT2D eigenvalue weighted by molar-refractivity contribution is 0.110. The van der Waals surface area contributed by atoms with Gasteiger partial charge in [-0.15, -0.1) is 11.6 Å². The minimum Gasteiger partial charge on any atom is -0.492 e. The summed E-state index contributed by atoms with van der Waals surface area (Å²) in [5.41, 5.74) is 1.75. The molecule has 2 aromatic rings. The predicted molar refractivity (Wildman–Crippen MR) is 86.5 cm³/mol. The zero-order chi connectivity index (χ0) is 15.5. The Morgan fingerprint density at radius 2 is 2.10 bits per heavy atom. The van der Waals surface area contributed by atoms with Crippen LogP contribution in [0, 0.1) is 0 Å². The van der Waals surface area contributed by atoms with Gasteiger partial charge in [0, 0.05) is 19.4 Å². The summed E-state index contributed by atoms with van der Waals surface area (Å²) in [6, 6.07) is 6.02. The van der Waals surface area contributed by atoms with Crippen LogP contribution in [0.3, 0.4) is 0 Å². The Balaban J connectivity index is 2.66. The summed E-state index contributed by atoms with van der Waals surface area (Å²) < 4.78 is 13.3. The van der Waals surface area contributed by atoms with Gasteiger partial charge in [-0.25, -0.2) is 4.98 Å². The van der Waals surface area contributed by atoms with E-state index in [1.165, 1.54) is 0 Å². The first-order chi connectivity index (χ1) is 10.0. The van der Waals surface area contributed by atoms with Gasteiger partial charge in [-0.1, -0.05) is 6.07 Å². The molecule has 0 unspecified atom stereocenters. The van der Waals surface area contributed by atoms with Gasteiger partial charge in [-0.05, 0) is 32.9 Å². The van der Waals surface area contributed by atoms with Crippen molar-refractivity contribution < 1.29 is 9.47 Å². The molecule has 5 heteroatoms. The SMILES string of the molecule is CCOc1cccc2c1nc(CCCl)n2C(C)(C)COC. The smallest absolute Gasteiger partial charge is 0.147 e. The molecule has 0 aliphatic carbocycles. The average molecular weight is 311 g/mol. The van der Waals surface area contributed by atoms with Crippen molar-refractivity contribution in [3.05, 3.63) is 24.0 Å². The molecule has 0 N–H and O–H groups in total. The van der Waals surface area contributed by atoms with Gasteiger partial charge in [0.05, 0.1) is 24.3 Å². The molecule has 0 saturated carbocycles.